The second-order valence-electron chi connectivity index (χ2n) is 3.90. The first-order valence-electron chi connectivity index (χ1n) is 6.35. The Labute approximate surface area is 119 Å². The molecule has 19 heavy (non-hydrogen) atoms. The normalized spacial score (nSPS) is 12.3. The molecule has 0 aliphatic carbocycles. The summed E-state index contributed by atoms with van der Waals surface area (Å²) in [5, 5.41) is 0. The van der Waals surface area contributed by atoms with Gasteiger partial charge in [0.1, 0.15) is 0 Å². The molecule has 0 spiro atoms. The van der Waals surface area contributed by atoms with Crippen LogP contribution in [-0.2, 0) is 26.9 Å². The van der Waals surface area contributed by atoms with E-state index in [0.29, 0.717) is 6.61 Å². The summed E-state index contributed by atoms with van der Waals surface area (Å²) < 4.78 is 32.0. The molecule has 8 heteroatoms. The average Bonchev–Trinajstić information content (AvgIpc) is 2.47. The molecule has 0 aliphatic heterocycles. The number of hydrogen-bond donors (Lipinski definition) is 0. The minimum atomic E-state index is -2.43. The Morgan fingerprint density at radius 3 is 1.79 bits per heavy atom. The van der Waals surface area contributed by atoms with Crippen molar-refractivity contribution in [3.05, 3.63) is 0 Å². The molecule has 0 saturated carbocycles. The van der Waals surface area contributed by atoms with Crippen molar-refractivity contribution in [2.75, 3.05) is 48.8 Å². The van der Waals surface area contributed by atoms with Crippen LogP contribution in [0.1, 0.15) is 12.8 Å². The Bertz CT molecular complexity index is 191. The highest BCUT2D eigenvalue weighted by atomic mass is 28.4. The Kier molecular flexibility index (Phi) is 12.1. The van der Waals surface area contributed by atoms with E-state index in [1.54, 1.807) is 35.5 Å². The molecule has 0 unspecified atom stereocenters. The molecule has 0 N–H and O–H groups in total. The van der Waals surface area contributed by atoms with E-state index < -0.39 is 18.1 Å². The van der Waals surface area contributed by atoms with Gasteiger partial charge in [-0.2, -0.15) is 0 Å². The molecule has 6 nitrogen and oxygen atoms in total. The molecule has 1 radical (unpaired) electrons. The maximum atomic E-state index is 5.56. The first kappa shape index (κ1) is 19.2. The van der Waals surface area contributed by atoms with Crippen molar-refractivity contribution in [3.63, 3.8) is 0 Å². The van der Waals surface area contributed by atoms with Crippen LogP contribution < -0.4 is 0 Å². The monoisotopic (exact) mass is 311 g/mol. The summed E-state index contributed by atoms with van der Waals surface area (Å²) in [6.45, 7) is 1.41. The Balaban J connectivity index is 3.54. The van der Waals surface area contributed by atoms with Crippen LogP contribution in [-0.4, -0.2) is 66.9 Å². The zero-order valence-electron chi connectivity index (χ0n) is 12.7. The maximum absolute atomic E-state index is 5.56. The SMILES string of the molecule is CO[Si](CCCOCCC[Si](OC)(OC)OC)OC. The first-order chi connectivity index (χ1) is 9.17. The van der Waals surface area contributed by atoms with Crippen LogP contribution in [0, 0.1) is 0 Å². The summed E-state index contributed by atoms with van der Waals surface area (Å²) >= 11 is 0. The summed E-state index contributed by atoms with van der Waals surface area (Å²) in [6, 6.07) is 1.70. The van der Waals surface area contributed by atoms with Crippen LogP contribution in [0.4, 0.5) is 0 Å². The molecule has 0 aromatic rings. The topological polar surface area (TPSA) is 55.4 Å². The van der Waals surface area contributed by atoms with Crippen molar-refractivity contribution < 1.29 is 26.9 Å². The fourth-order valence-corrected chi connectivity index (χ4v) is 4.35. The standard InChI is InChI=1S/C11H27O6Si2/c1-12-18(13-2)10-6-8-17-9-7-11-19(14-3,15-4)16-5/h6-11H2,1-5H3. The lowest BCUT2D eigenvalue weighted by Gasteiger charge is -2.24. The van der Waals surface area contributed by atoms with Gasteiger partial charge in [-0.15, -0.1) is 0 Å². The first-order valence-corrected chi connectivity index (χ1v) is 9.80. The molecule has 0 amide bonds. The summed E-state index contributed by atoms with van der Waals surface area (Å²) in [5.41, 5.74) is 0. The van der Waals surface area contributed by atoms with Crippen molar-refractivity contribution in [1.29, 1.82) is 0 Å². The molecule has 0 atom stereocenters. The van der Waals surface area contributed by atoms with Gasteiger partial charge < -0.3 is 26.9 Å². The zero-order chi connectivity index (χ0) is 14.6. The molecule has 0 rings (SSSR count). The smallest absolute Gasteiger partial charge is 0.397 e. The molecule has 0 fully saturated rings. The molecule has 0 aliphatic rings. The second kappa shape index (κ2) is 12.0. The molecule has 0 aromatic heterocycles. The molecular formula is C11H27O6Si2. The number of ether oxygens (including phenoxy) is 1. The summed E-state index contributed by atoms with van der Waals surface area (Å²) in [7, 11) is 4.73. The Morgan fingerprint density at radius 2 is 1.32 bits per heavy atom. The number of hydrogen-bond acceptors (Lipinski definition) is 6. The third kappa shape index (κ3) is 8.15. The van der Waals surface area contributed by atoms with Gasteiger partial charge in [-0.25, -0.2) is 0 Å². The van der Waals surface area contributed by atoms with Gasteiger partial charge in [-0.3, -0.25) is 0 Å². The fraction of sp³-hybridized carbons (Fsp3) is 1.00. The van der Waals surface area contributed by atoms with E-state index in [1.165, 1.54) is 0 Å². The van der Waals surface area contributed by atoms with E-state index in [0.717, 1.165) is 31.5 Å². The zero-order valence-corrected chi connectivity index (χ0v) is 14.7. The van der Waals surface area contributed by atoms with E-state index in [4.69, 9.17) is 26.9 Å². The Morgan fingerprint density at radius 1 is 0.789 bits per heavy atom. The van der Waals surface area contributed by atoms with E-state index in [9.17, 15) is 0 Å². The second-order valence-corrected chi connectivity index (χ2v) is 9.05. The predicted molar refractivity (Wildman–Crippen MR) is 76.2 cm³/mol. The molecule has 0 aromatic carbocycles. The maximum Gasteiger partial charge on any atom is 0.500 e. The fourth-order valence-electron chi connectivity index (χ4n) is 1.66. The predicted octanol–water partition coefficient (Wildman–Crippen LogP) is 1.44. The molecule has 0 saturated heterocycles. The van der Waals surface area contributed by atoms with E-state index in [1.807, 2.05) is 0 Å². The lowest BCUT2D eigenvalue weighted by molar-refractivity contribution is 0.107. The minimum absolute atomic E-state index is 0.687. The third-order valence-electron chi connectivity index (χ3n) is 2.83. The van der Waals surface area contributed by atoms with Crippen molar-refractivity contribution in [2.24, 2.45) is 0 Å². The van der Waals surface area contributed by atoms with Crippen LogP contribution in [0.25, 0.3) is 0 Å². The third-order valence-corrected chi connectivity index (χ3v) is 7.33. The van der Waals surface area contributed by atoms with Gasteiger partial charge in [-0.05, 0) is 18.9 Å². The van der Waals surface area contributed by atoms with Gasteiger partial charge in [0.25, 0.3) is 0 Å². The van der Waals surface area contributed by atoms with Crippen LogP contribution in [0.3, 0.4) is 0 Å². The highest BCUT2D eigenvalue weighted by molar-refractivity contribution is 6.60. The van der Waals surface area contributed by atoms with E-state index in [2.05, 4.69) is 0 Å². The number of rotatable bonds is 13. The molecule has 115 valence electrons. The van der Waals surface area contributed by atoms with E-state index in [-0.39, 0.29) is 0 Å². The molecule has 0 heterocycles. The largest absolute Gasteiger partial charge is 0.500 e. The van der Waals surface area contributed by atoms with Crippen LogP contribution in [0.5, 0.6) is 0 Å². The lowest BCUT2D eigenvalue weighted by atomic mass is 10.5. The Hall–Kier alpha value is 0.194. The molecular weight excluding hydrogens is 284 g/mol. The highest BCUT2D eigenvalue weighted by Gasteiger charge is 2.36. The van der Waals surface area contributed by atoms with Crippen molar-refractivity contribution in [1.82, 2.24) is 0 Å². The summed E-state index contributed by atoms with van der Waals surface area (Å²) in [4.78, 5) is 0. The van der Waals surface area contributed by atoms with Crippen LogP contribution >= 0.6 is 0 Å². The minimum Gasteiger partial charge on any atom is -0.397 e. The summed E-state index contributed by atoms with van der Waals surface area (Å²) in [5.74, 6) is 0. The average molecular weight is 312 g/mol. The lowest BCUT2D eigenvalue weighted by Crippen LogP contribution is -2.42. The van der Waals surface area contributed by atoms with Crippen molar-refractivity contribution in [2.45, 2.75) is 24.9 Å². The van der Waals surface area contributed by atoms with Gasteiger partial charge in [-0.1, -0.05) is 0 Å². The van der Waals surface area contributed by atoms with Gasteiger partial charge in [0, 0.05) is 54.8 Å². The van der Waals surface area contributed by atoms with Crippen molar-refractivity contribution in [3.8, 4) is 0 Å². The molecule has 0 bridgehead atoms. The van der Waals surface area contributed by atoms with Gasteiger partial charge in [0.05, 0.1) is 0 Å². The summed E-state index contributed by atoms with van der Waals surface area (Å²) in [6.07, 6.45) is 1.82. The van der Waals surface area contributed by atoms with Gasteiger partial charge >= 0.3 is 18.1 Å². The van der Waals surface area contributed by atoms with Gasteiger partial charge in [0.15, 0.2) is 0 Å². The van der Waals surface area contributed by atoms with Gasteiger partial charge in [0.2, 0.25) is 0 Å². The van der Waals surface area contributed by atoms with Crippen molar-refractivity contribution >= 4 is 18.1 Å². The van der Waals surface area contributed by atoms with E-state index >= 15 is 0 Å². The van der Waals surface area contributed by atoms with Crippen LogP contribution in [0.2, 0.25) is 12.1 Å². The van der Waals surface area contributed by atoms with Crippen LogP contribution in [0.15, 0.2) is 0 Å². The quantitative estimate of drug-likeness (QED) is 0.379. The highest BCUT2D eigenvalue weighted by Crippen LogP contribution is 2.14.